The smallest absolute Gasteiger partial charge is 0.237 e. The Labute approximate surface area is 93.5 Å². The number of amides is 1. The van der Waals surface area contributed by atoms with Gasteiger partial charge in [0.15, 0.2) is 0 Å². The van der Waals surface area contributed by atoms with Gasteiger partial charge in [-0.2, -0.15) is 5.26 Å². The van der Waals surface area contributed by atoms with Crippen molar-refractivity contribution in [2.75, 3.05) is 0 Å². The normalized spacial score (nSPS) is 13.9. The molecule has 78 valence electrons. The van der Waals surface area contributed by atoms with Crippen LogP contribution in [-0.4, -0.2) is 5.91 Å². The van der Waals surface area contributed by atoms with E-state index in [1.54, 1.807) is 18.2 Å². The number of halogens is 1. The fourth-order valence-electron chi connectivity index (χ4n) is 1.24. The highest BCUT2D eigenvalue weighted by Gasteiger charge is 2.31. The zero-order valence-corrected chi connectivity index (χ0v) is 9.08. The van der Waals surface area contributed by atoms with Crippen LogP contribution in [0.2, 0.25) is 5.02 Å². The van der Waals surface area contributed by atoms with Crippen LogP contribution in [-0.2, 0) is 11.2 Å². The average Bonchev–Trinajstić information content (AvgIpc) is 2.17. The maximum absolute atomic E-state index is 11.1. The van der Waals surface area contributed by atoms with Gasteiger partial charge in [0.2, 0.25) is 5.91 Å². The molecule has 4 heteroatoms. The number of rotatable bonds is 3. The second-order valence-electron chi connectivity index (χ2n) is 3.61. The van der Waals surface area contributed by atoms with E-state index in [1.165, 1.54) is 6.92 Å². The Balaban J connectivity index is 2.95. The molecule has 1 atom stereocenters. The minimum absolute atomic E-state index is 0.277. The quantitative estimate of drug-likeness (QED) is 0.849. The largest absolute Gasteiger partial charge is 0.368 e. The predicted octanol–water partition coefficient (Wildman–Crippen LogP) is 1.90. The van der Waals surface area contributed by atoms with Gasteiger partial charge >= 0.3 is 0 Å². The zero-order chi connectivity index (χ0) is 11.5. The first-order valence-corrected chi connectivity index (χ1v) is 4.81. The fourth-order valence-corrected chi connectivity index (χ4v) is 1.45. The van der Waals surface area contributed by atoms with Gasteiger partial charge in [0.25, 0.3) is 0 Å². The van der Waals surface area contributed by atoms with E-state index in [2.05, 4.69) is 0 Å². The van der Waals surface area contributed by atoms with E-state index in [0.29, 0.717) is 5.02 Å². The van der Waals surface area contributed by atoms with Gasteiger partial charge in [0, 0.05) is 5.02 Å². The van der Waals surface area contributed by atoms with Crippen LogP contribution in [0.25, 0.3) is 0 Å². The third-order valence-corrected chi connectivity index (χ3v) is 2.47. The molecule has 0 aromatic heterocycles. The first kappa shape index (κ1) is 11.5. The van der Waals surface area contributed by atoms with Gasteiger partial charge in [0.05, 0.1) is 6.07 Å². The van der Waals surface area contributed by atoms with Gasteiger partial charge < -0.3 is 5.73 Å². The van der Waals surface area contributed by atoms with E-state index >= 15 is 0 Å². The summed E-state index contributed by atoms with van der Waals surface area (Å²) in [5, 5.41) is 9.48. The lowest BCUT2D eigenvalue weighted by atomic mass is 9.84. The second-order valence-corrected chi connectivity index (χ2v) is 4.05. The summed E-state index contributed by atoms with van der Waals surface area (Å²) in [6.07, 6.45) is 0.277. The Hall–Kier alpha value is -1.53. The molecule has 0 radical (unpaired) electrons. The van der Waals surface area contributed by atoms with Crippen LogP contribution in [0.1, 0.15) is 12.5 Å². The summed E-state index contributed by atoms with van der Waals surface area (Å²) in [7, 11) is 0. The van der Waals surface area contributed by atoms with Gasteiger partial charge in [-0.3, -0.25) is 4.79 Å². The molecule has 0 spiro atoms. The van der Waals surface area contributed by atoms with E-state index in [-0.39, 0.29) is 6.42 Å². The van der Waals surface area contributed by atoms with Gasteiger partial charge in [-0.15, -0.1) is 0 Å². The molecular weight excluding hydrogens is 212 g/mol. The number of primary amides is 1. The third-order valence-electron chi connectivity index (χ3n) is 2.24. The molecule has 0 aliphatic carbocycles. The summed E-state index contributed by atoms with van der Waals surface area (Å²) < 4.78 is 0. The highest BCUT2D eigenvalue weighted by molar-refractivity contribution is 6.30. The summed E-state index contributed by atoms with van der Waals surface area (Å²) in [5.41, 5.74) is 4.82. The summed E-state index contributed by atoms with van der Waals surface area (Å²) in [5.74, 6) is -0.620. The number of benzene rings is 1. The lowest BCUT2D eigenvalue weighted by Crippen LogP contribution is -2.34. The number of nitriles is 1. The predicted molar refractivity (Wildman–Crippen MR) is 58.1 cm³/mol. The maximum Gasteiger partial charge on any atom is 0.237 e. The Bertz CT molecular complexity index is 425. The molecule has 2 N–H and O–H groups in total. The van der Waals surface area contributed by atoms with Gasteiger partial charge in [-0.1, -0.05) is 23.7 Å². The van der Waals surface area contributed by atoms with Crippen molar-refractivity contribution in [1.29, 1.82) is 5.26 Å². The number of hydrogen-bond donors (Lipinski definition) is 1. The summed E-state index contributed by atoms with van der Waals surface area (Å²) in [6.45, 7) is 1.52. The van der Waals surface area contributed by atoms with Crippen LogP contribution in [0.5, 0.6) is 0 Å². The van der Waals surface area contributed by atoms with Crippen molar-refractivity contribution in [1.82, 2.24) is 0 Å². The number of carbonyl (C=O) groups is 1. The van der Waals surface area contributed by atoms with Crippen LogP contribution < -0.4 is 5.73 Å². The molecule has 1 aromatic rings. The van der Waals surface area contributed by atoms with Crippen LogP contribution in [0.3, 0.4) is 0 Å². The fraction of sp³-hybridized carbons (Fsp3) is 0.273. The molecule has 1 rings (SSSR count). The van der Waals surface area contributed by atoms with E-state index in [1.807, 2.05) is 12.1 Å². The minimum Gasteiger partial charge on any atom is -0.368 e. The van der Waals surface area contributed by atoms with Crippen molar-refractivity contribution in [2.45, 2.75) is 13.3 Å². The molecule has 0 heterocycles. The SMILES string of the molecule is C[C@@](C#N)(Cc1cccc(Cl)c1)C(N)=O. The van der Waals surface area contributed by atoms with Crippen LogP contribution >= 0.6 is 11.6 Å². The van der Waals surface area contributed by atoms with E-state index in [9.17, 15) is 4.79 Å². The lowest BCUT2D eigenvalue weighted by molar-refractivity contribution is -0.124. The second kappa shape index (κ2) is 4.33. The lowest BCUT2D eigenvalue weighted by Gasteiger charge is -2.17. The van der Waals surface area contributed by atoms with E-state index in [4.69, 9.17) is 22.6 Å². The molecule has 0 unspecified atom stereocenters. The standard InChI is InChI=1S/C11H11ClN2O/c1-11(7-13,10(14)15)6-8-3-2-4-9(12)5-8/h2-5H,6H2,1H3,(H2,14,15)/t11-/m0/s1. The molecule has 0 aliphatic rings. The topological polar surface area (TPSA) is 66.9 Å². The van der Waals surface area contributed by atoms with Crippen LogP contribution in [0.15, 0.2) is 24.3 Å². The molecule has 1 amide bonds. The minimum atomic E-state index is -1.18. The molecule has 0 aliphatic heterocycles. The first-order valence-electron chi connectivity index (χ1n) is 4.43. The number of hydrogen-bond acceptors (Lipinski definition) is 2. The van der Waals surface area contributed by atoms with E-state index in [0.717, 1.165) is 5.56 Å². The Morgan fingerprint density at radius 1 is 1.67 bits per heavy atom. The van der Waals surface area contributed by atoms with Crippen molar-refractivity contribution in [2.24, 2.45) is 11.1 Å². The van der Waals surface area contributed by atoms with E-state index < -0.39 is 11.3 Å². The molecule has 0 fully saturated rings. The van der Waals surface area contributed by atoms with Crippen molar-refractivity contribution in [3.8, 4) is 6.07 Å². The van der Waals surface area contributed by atoms with Crippen molar-refractivity contribution < 1.29 is 4.79 Å². The van der Waals surface area contributed by atoms with Gasteiger partial charge in [-0.05, 0) is 31.0 Å². The average molecular weight is 223 g/mol. The molecule has 15 heavy (non-hydrogen) atoms. The van der Waals surface area contributed by atoms with Gasteiger partial charge in [-0.25, -0.2) is 0 Å². The monoisotopic (exact) mass is 222 g/mol. The van der Waals surface area contributed by atoms with Crippen molar-refractivity contribution in [3.63, 3.8) is 0 Å². The Kier molecular flexibility index (Phi) is 3.33. The van der Waals surface area contributed by atoms with Gasteiger partial charge in [0.1, 0.15) is 5.41 Å². The third kappa shape index (κ3) is 2.71. The molecule has 0 bridgehead atoms. The van der Waals surface area contributed by atoms with Crippen LogP contribution in [0.4, 0.5) is 0 Å². The summed E-state index contributed by atoms with van der Waals surface area (Å²) in [4.78, 5) is 11.1. The first-order chi connectivity index (χ1) is 6.98. The molecule has 1 aromatic carbocycles. The highest BCUT2D eigenvalue weighted by Crippen LogP contribution is 2.22. The Morgan fingerprint density at radius 2 is 2.33 bits per heavy atom. The molecule has 0 saturated heterocycles. The summed E-state index contributed by atoms with van der Waals surface area (Å²) >= 11 is 5.80. The molecular formula is C11H11ClN2O. The van der Waals surface area contributed by atoms with Crippen molar-refractivity contribution in [3.05, 3.63) is 34.9 Å². The molecule has 0 saturated carbocycles. The molecule has 3 nitrogen and oxygen atoms in total. The number of carbonyl (C=O) groups excluding carboxylic acids is 1. The highest BCUT2D eigenvalue weighted by atomic mass is 35.5. The Morgan fingerprint density at radius 3 is 2.80 bits per heavy atom. The summed E-state index contributed by atoms with van der Waals surface area (Å²) in [6, 6.07) is 8.97. The number of nitrogens with two attached hydrogens (primary N) is 1. The number of nitrogens with zero attached hydrogens (tertiary/aromatic N) is 1. The van der Waals surface area contributed by atoms with Crippen molar-refractivity contribution >= 4 is 17.5 Å². The van der Waals surface area contributed by atoms with Crippen LogP contribution in [0, 0.1) is 16.7 Å². The maximum atomic E-state index is 11.1. The zero-order valence-electron chi connectivity index (χ0n) is 8.33.